The van der Waals surface area contributed by atoms with Crippen molar-refractivity contribution in [3.63, 3.8) is 0 Å². The maximum Gasteiger partial charge on any atom is 0.338 e. The standard InChI is InChI=1S/C21H21NO4/c1-13-9-16(13)12-25-21(24)15-6-4-7-17(10-15)22-20(23)19-11-14-5-2-3-8-18(14)26-19/h2-8,10,13,16,19H,9,11-12H2,1H3,(H,22,23). The molecule has 26 heavy (non-hydrogen) atoms. The molecule has 1 aliphatic heterocycles. The van der Waals surface area contributed by atoms with Gasteiger partial charge in [-0.2, -0.15) is 0 Å². The van der Waals surface area contributed by atoms with Crippen LogP contribution < -0.4 is 10.1 Å². The van der Waals surface area contributed by atoms with Crippen LogP contribution in [0.2, 0.25) is 0 Å². The van der Waals surface area contributed by atoms with Crippen LogP contribution in [-0.4, -0.2) is 24.6 Å². The summed E-state index contributed by atoms with van der Waals surface area (Å²) < 4.78 is 11.0. The molecule has 2 aromatic carbocycles. The lowest BCUT2D eigenvalue weighted by Crippen LogP contribution is -2.31. The zero-order valence-corrected chi connectivity index (χ0v) is 14.6. The van der Waals surface area contributed by atoms with Crippen molar-refractivity contribution >= 4 is 17.6 Å². The smallest absolute Gasteiger partial charge is 0.338 e. The lowest BCUT2D eigenvalue weighted by molar-refractivity contribution is -0.122. The van der Waals surface area contributed by atoms with Gasteiger partial charge in [-0.05, 0) is 48.1 Å². The minimum atomic E-state index is -0.556. The summed E-state index contributed by atoms with van der Waals surface area (Å²) in [6.45, 7) is 2.61. The number of carbonyl (C=O) groups excluding carboxylic acids is 2. The van der Waals surface area contributed by atoms with E-state index in [2.05, 4.69) is 12.2 Å². The van der Waals surface area contributed by atoms with Crippen molar-refractivity contribution in [2.75, 3.05) is 11.9 Å². The maximum atomic E-state index is 12.5. The van der Waals surface area contributed by atoms with Crippen LogP contribution in [0.1, 0.15) is 29.3 Å². The topological polar surface area (TPSA) is 64.6 Å². The van der Waals surface area contributed by atoms with E-state index >= 15 is 0 Å². The monoisotopic (exact) mass is 351 g/mol. The number of anilines is 1. The summed E-state index contributed by atoms with van der Waals surface area (Å²) in [5.74, 6) is 1.30. The van der Waals surface area contributed by atoms with Gasteiger partial charge in [-0.1, -0.05) is 31.2 Å². The molecule has 0 spiro atoms. The summed E-state index contributed by atoms with van der Waals surface area (Å²) in [5, 5.41) is 2.83. The number of fused-ring (bicyclic) bond motifs is 1. The number of amides is 1. The van der Waals surface area contributed by atoms with Crippen LogP contribution in [0.5, 0.6) is 5.75 Å². The Morgan fingerprint density at radius 2 is 2.00 bits per heavy atom. The summed E-state index contributed by atoms with van der Waals surface area (Å²) in [6, 6.07) is 14.4. The first-order chi connectivity index (χ1) is 12.6. The first kappa shape index (κ1) is 16.6. The highest BCUT2D eigenvalue weighted by molar-refractivity contribution is 5.97. The van der Waals surface area contributed by atoms with Crippen LogP contribution >= 0.6 is 0 Å². The molecular weight excluding hydrogens is 330 g/mol. The van der Waals surface area contributed by atoms with Crippen LogP contribution in [-0.2, 0) is 16.0 Å². The van der Waals surface area contributed by atoms with Crippen LogP contribution in [0.15, 0.2) is 48.5 Å². The fourth-order valence-corrected chi connectivity index (χ4v) is 3.17. The predicted octanol–water partition coefficient (Wildman–Crippen LogP) is 3.44. The van der Waals surface area contributed by atoms with Gasteiger partial charge in [0.2, 0.25) is 0 Å². The summed E-state index contributed by atoms with van der Waals surface area (Å²) in [7, 11) is 0. The van der Waals surface area contributed by atoms with Crippen molar-refractivity contribution in [1.29, 1.82) is 0 Å². The molecule has 1 amide bonds. The second kappa shape index (κ2) is 6.83. The van der Waals surface area contributed by atoms with Gasteiger partial charge in [0.15, 0.2) is 6.10 Å². The van der Waals surface area contributed by atoms with E-state index in [1.54, 1.807) is 24.3 Å². The molecule has 5 nitrogen and oxygen atoms in total. The molecule has 4 rings (SSSR count). The summed E-state index contributed by atoms with van der Waals surface area (Å²) in [5.41, 5.74) is 2.02. The molecule has 2 aromatic rings. The van der Waals surface area contributed by atoms with Crippen molar-refractivity contribution in [3.05, 3.63) is 59.7 Å². The molecule has 3 unspecified atom stereocenters. The molecule has 0 saturated heterocycles. The molecule has 134 valence electrons. The fourth-order valence-electron chi connectivity index (χ4n) is 3.17. The van der Waals surface area contributed by atoms with E-state index in [-0.39, 0.29) is 11.9 Å². The number of ether oxygens (including phenoxy) is 2. The first-order valence-corrected chi connectivity index (χ1v) is 8.93. The average Bonchev–Trinajstić information content (AvgIpc) is 3.18. The number of carbonyl (C=O) groups is 2. The highest BCUT2D eigenvalue weighted by Crippen LogP contribution is 2.37. The van der Waals surface area contributed by atoms with Crippen molar-refractivity contribution in [1.82, 2.24) is 0 Å². The highest BCUT2D eigenvalue weighted by atomic mass is 16.5. The van der Waals surface area contributed by atoms with Crippen molar-refractivity contribution in [2.45, 2.75) is 25.9 Å². The van der Waals surface area contributed by atoms with Crippen LogP contribution in [0.4, 0.5) is 5.69 Å². The van der Waals surface area contributed by atoms with Gasteiger partial charge in [0, 0.05) is 12.1 Å². The van der Waals surface area contributed by atoms with E-state index in [1.165, 1.54) is 0 Å². The van der Waals surface area contributed by atoms with E-state index < -0.39 is 6.10 Å². The first-order valence-electron chi connectivity index (χ1n) is 8.93. The number of hydrogen-bond donors (Lipinski definition) is 1. The third kappa shape index (κ3) is 3.57. The van der Waals surface area contributed by atoms with Crippen LogP contribution in [0.3, 0.4) is 0 Å². The molecule has 1 N–H and O–H groups in total. The number of nitrogens with one attached hydrogen (secondary N) is 1. The number of esters is 1. The maximum absolute atomic E-state index is 12.5. The highest BCUT2D eigenvalue weighted by Gasteiger charge is 2.33. The quantitative estimate of drug-likeness (QED) is 0.838. The Morgan fingerprint density at radius 3 is 2.77 bits per heavy atom. The molecule has 3 atom stereocenters. The van der Waals surface area contributed by atoms with E-state index in [4.69, 9.17) is 9.47 Å². The normalized spacial score (nSPS) is 22.9. The molecule has 1 heterocycles. The second-order valence-corrected chi connectivity index (χ2v) is 7.06. The zero-order chi connectivity index (χ0) is 18.1. The molecule has 1 saturated carbocycles. The molecule has 0 aromatic heterocycles. The molecule has 2 aliphatic rings. The molecule has 0 radical (unpaired) electrons. The van der Waals surface area contributed by atoms with Gasteiger partial charge in [0.1, 0.15) is 5.75 Å². The van der Waals surface area contributed by atoms with Gasteiger partial charge < -0.3 is 14.8 Å². The molecular formula is C21H21NO4. The number of benzene rings is 2. The van der Waals surface area contributed by atoms with E-state index in [1.807, 2.05) is 24.3 Å². The van der Waals surface area contributed by atoms with Crippen molar-refractivity contribution in [2.24, 2.45) is 11.8 Å². The van der Waals surface area contributed by atoms with Gasteiger partial charge >= 0.3 is 5.97 Å². The Labute approximate surface area is 152 Å². The number of hydrogen-bond acceptors (Lipinski definition) is 4. The van der Waals surface area contributed by atoms with Gasteiger partial charge in [0.05, 0.1) is 12.2 Å². The largest absolute Gasteiger partial charge is 0.480 e. The van der Waals surface area contributed by atoms with Crippen molar-refractivity contribution in [3.8, 4) is 5.75 Å². The summed E-state index contributed by atoms with van der Waals surface area (Å²) >= 11 is 0. The van der Waals surface area contributed by atoms with Gasteiger partial charge in [-0.3, -0.25) is 4.79 Å². The Balaban J connectivity index is 1.36. The SMILES string of the molecule is CC1CC1COC(=O)c1cccc(NC(=O)C2Cc3ccccc3O2)c1. The third-order valence-electron chi connectivity index (χ3n) is 5.01. The second-order valence-electron chi connectivity index (χ2n) is 7.06. The van der Waals surface area contributed by atoms with Crippen LogP contribution in [0.25, 0.3) is 0 Å². The molecule has 1 fully saturated rings. The minimum absolute atomic E-state index is 0.224. The van der Waals surface area contributed by atoms with Gasteiger partial charge in [-0.25, -0.2) is 4.79 Å². The molecule has 5 heteroatoms. The Kier molecular flexibility index (Phi) is 4.37. The van der Waals surface area contributed by atoms with Crippen molar-refractivity contribution < 1.29 is 19.1 Å². The zero-order valence-electron chi connectivity index (χ0n) is 14.6. The fraction of sp³-hybridized carbons (Fsp3) is 0.333. The van der Waals surface area contributed by atoms with Crippen LogP contribution in [0, 0.1) is 11.8 Å². The Hall–Kier alpha value is -2.82. The lowest BCUT2D eigenvalue weighted by Gasteiger charge is -2.12. The Morgan fingerprint density at radius 1 is 1.19 bits per heavy atom. The minimum Gasteiger partial charge on any atom is -0.480 e. The summed E-state index contributed by atoms with van der Waals surface area (Å²) in [4.78, 5) is 24.6. The van der Waals surface area contributed by atoms with Gasteiger partial charge in [-0.15, -0.1) is 0 Å². The molecule has 0 bridgehead atoms. The summed E-state index contributed by atoms with van der Waals surface area (Å²) in [6.07, 6.45) is 1.11. The number of rotatable bonds is 5. The lowest BCUT2D eigenvalue weighted by atomic mass is 10.1. The predicted molar refractivity (Wildman–Crippen MR) is 97.2 cm³/mol. The van der Waals surface area contributed by atoms with E-state index in [0.29, 0.717) is 36.1 Å². The van der Waals surface area contributed by atoms with Gasteiger partial charge in [0.25, 0.3) is 5.91 Å². The average molecular weight is 351 g/mol. The van der Waals surface area contributed by atoms with E-state index in [9.17, 15) is 9.59 Å². The van der Waals surface area contributed by atoms with E-state index in [0.717, 1.165) is 17.7 Å². The molecule has 1 aliphatic carbocycles. The Bertz CT molecular complexity index is 822. The number of para-hydroxylation sites is 1. The third-order valence-corrected chi connectivity index (χ3v) is 5.01.